The van der Waals surface area contributed by atoms with Gasteiger partial charge in [0, 0.05) is 22.6 Å². The highest BCUT2D eigenvalue weighted by atomic mass is 79.9. The van der Waals surface area contributed by atoms with Gasteiger partial charge >= 0.3 is 0 Å². The number of hydrogen-bond acceptors (Lipinski definition) is 2. The Bertz CT molecular complexity index is 685. The molecule has 3 aromatic rings. The number of benzene rings is 1. The molecule has 19 heavy (non-hydrogen) atoms. The molecule has 0 spiro atoms. The average Bonchev–Trinajstić information content (AvgIpc) is 2.83. The Kier molecular flexibility index (Phi) is 3.25. The monoisotopic (exact) mass is 315 g/mol. The predicted octanol–water partition coefficient (Wildman–Crippen LogP) is 4.02. The van der Waals surface area contributed by atoms with Gasteiger partial charge < -0.3 is 9.72 Å². The number of halogens is 1. The summed E-state index contributed by atoms with van der Waals surface area (Å²) in [5.41, 5.74) is 4.34. The first-order chi connectivity index (χ1) is 9.22. The van der Waals surface area contributed by atoms with Crippen molar-refractivity contribution in [2.24, 2.45) is 0 Å². The summed E-state index contributed by atoms with van der Waals surface area (Å²) in [5, 5.41) is 3.39. The molecule has 0 saturated carbocycles. The van der Waals surface area contributed by atoms with E-state index < -0.39 is 0 Å². The van der Waals surface area contributed by atoms with E-state index in [4.69, 9.17) is 0 Å². The molecule has 3 rings (SSSR count). The Labute approximate surface area is 120 Å². The van der Waals surface area contributed by atoms with Gasteiger partial charge in [-0.15, -0.1) is 0 Å². The van der Waals surface area contributed by atoms with Crippen LogP contribution < -0.4 is 5.32 Å². The lowest BCUT2D eigenvalue weighted by Crippen LogP contribution is -1.99. The molecule has 0 unspecified atom stereocenters. The van der Waals surface area contributed by atoms with Gasteiger partial charge in [-0.2, -0.15) is 0 Å². The van der Waals surface area contributed by atoms with E-state index >= 15 is 0 Å². The van der Waals surface area contributed by atoms with Crippen LogP contribution in [0.5, 0.6) is 0 Å². The zero-order valence-corrected chi connectivity index (χ0v) is 12.2. The topological polar surface area (TPSA) is 29.3 Å². The van der Waals surface area contributed by atoms with Gasteiger partial charge in [0.2, 0.25) is 0 Å². The highest BCUT2D eigenvalue weighted by molar-refractivity contribution is 9.10. The van der Waals surface area contributed by atoms with E-state index in [1.54, 1.807) is 0 Å². The molecule has 0 aliphatic heterocycles. The van der Waals surface area contributed by atoms with Crippen molar-refractivity contribution in [3.05, 3.63) is 64.5 Å². The maximum absolute atomic E-state index is 4.56. The second kappa shape index (κ2) is 5.05. The minimum absolute atomic E-state index is 0.725. The Morgan fingerprint density at radius 3 is 2.95 bits per heavy atom. The molecule has 1 N–H and O–H groups in total. The number of hydrogen-bond donors (Lipinski definition) is 1. The van der Waals surface area contributed by atoms with Gasteiger partial charge in [-0.3, -0.25) is 0 Å². The lowest BCUT2D eigenvalue weighted by atomic mass is 10.2. The van der Waals surface area contributed by atoms with Crippen LogP contribution in [0.2, 0.25) is 0 Å². The molecular formula is C15H14BrN3. The van der Waals surface area contributed by atoms with Gasteiger partial charge in [0.15, 0.2) is 0 Å². The summed E-state index contributed by atoms with van der Waals surface area (Å²) >= 11 is 3.51. The summed E-state index contributed by atoms with van der Waals surface area (Å²) in [6, 6.07) is 12.3. The number of aromatic nitrogens is 2. The maximum atomic E-state index is 4.56. The molecule has 0 bridgehead atoms. The fourth-order valence-electron chi connectivity index (χ4n) is 2.02. The third kappa shape index (κ3) is 2.63. The number of nitrogens with zero attached hydrogens (tertiary/aromatic N) is 2. The molecule has 0 aliphatic carbocycles. The predicted molar refractivity (Wildman–Crippen MR) is 81.4 cm³/mol. The van der Waals surface area contributed by atoms with Gasteiger partial charge in [-0.1, -0.05) is 22.0 Å². The number of rotatable bonds is 3. The molecule has 0 fully saturated rings. The van der Waals surface area contributed by atoms with E-state index in [1.807, 2.05) is 35.0 Å². The number of aryl methyl sites for hydroxylation is 1. The lowest BCUT2D eigenvalue weighted by molar-refractivity contribution is 1.08. The third-order valence-corrected chi connectivity index (χ3v) is 3.94. The summed E-state index contributed by atoms with van der Waals surface area (Å²) in [5.74, 6) is 0. The van der Waals surface area contributed by atoms with Crippen molar-refractivity contribution >= 4 is 27.3 Å². The fraction of sp³-hybridized carbons (Fsp3) is 0.133. The standard InChI is InChI=1S/C15H14BrN3/c1-11-8-12(5-6-14(11)16)17-9-13-10-19-7-3-2-4-15(19)18-13/h2-8,10,17H,9H2,1H3. The van der Waals surface area contributed by atoms with Crippen LogP contribution in [-0.4, -0.2) is 9.38 Å². The van der Waals surface area contributed by atoms with E-state index in [0.717, 1.165) is 28.0 Å². The Hall–Kier alpha value is -1.81. The van der Waals surface area contributed by atoms with Crippen molar-refractivity contribution < 1.29 is 0 Å². The second-order valence-corrected chi connectivity index (χ2v) is 5.37. The normalized spacial score (nSPS) is 10.8. The van der Waals surface area contributed by atoms with Crippen LogP contribution in [0, 0.1) is 6.92 Å². The summed E-state index contributed by atoms with van der Waals surface area (Å²) in [7, 11) is 0. The van der Waals surface area contributed by atoms with Crippen molar-refractivity contribution in [2.75, 3.05) is 5.32 Å². The lowest BCUT2D eigenvalue weighted by Gasteiger charge is -2.06. The van der Waals surface area contributed by atoms with Crippen LogP contribution in [0.1, 0.15) is 11.3 Å². The minimum atomic E-state index is 0.725. The molecular weight excluding hydrogens is 302 g/mol. The number of nitrogens with one attached hydrogen (secondary N) is 1. The summed E-state index contributed by atoms with van der Waals surface area (Å²) in [6.45, 7) is 2.81. The van der Waals surface area contributed by atoms with E-state index in [9.17, 15) is 0 Å². The van der Waals surface area contributed by atoms with Crippen molar-refractivity contribution in [3.63, 3.8) is 0 Å². The SMILES string of the molecule is Cc1cc(NCc2cn3ccccc3n2)ccc1Br. The Morgan fingerprint density at radius 2 is 2.16 bits per heavy atom. The van der Waals surface area contributed by atoms with Crippen LogP contribution in [0.3, 0.4) is 0 Å². The molecule has 0 radical (unpaired) electrons. The van der Waals surface area contributed by atoms with Gasteiger partial charge in [0.1, 0.15) is 5.65 Å². The Morgan fingerprint density at radius 1 is 1.26 bits per heavy atom. The maximum Gasteiger partial charge on any atom is 0.137 e. The fourth-order valence-corrected chi connectivity index (χ4v) is 2.27. The number of imidazole rings is 1. The largest absolute Gasteiger partial charge is 0.379 e. The smallest absolute Gasteiger partial charge is 0.137 e. The minimum Gasteiger partial charge on any atom is -0.379 e. The van der Waals surface area contributed by atoms with E-state index in [-0.39, 0.29) is 0 Å². The summed E-state index contributed by atoms with van der Waals surface area (Å²) in [6.07, 6.45) is 4.06. The molecule has 2 aromatic heterocycles. The first-order valence-electron chi connectivity index (χ1n) is 6.15. The van der Waals surface area contributed by atoms with Gasteiger partial charge in [0.25, 0.3) is 0 Å². The van der Waals surface area contributed by atoms with Crippen molar-refractivity contribution in [1.82, 2.24) is 9.38 Å². The molecule has 0 atom stereocenters. The first kappa shape index (κ1) is 12.2. The van der Waals surface area contributed by atoms with E-state index in [1.165, 1.54) is 5.56 Å². The molecule has 2 heterocycles. The van der Waals surface area contributed by atoms with Crippen LogP contribution in [0.25, 0.3) is 5.65 Å². The molecule has 0 aliphatic rings. The van der Waals surface area contributed by atoms with Crippen molar-refractivity contribution in [1.29, 1.82) is 0 Å². The van der Waals surface area contributed by atoms with Crippen molar-refractivity contribution in [3.8, 4) is 0 Å². The zero-order chi connectivity index (χ0) is 13.2. The van der Waals surface area contributed by atoms with Crippen LogP contribution in [0.15, 0.2) is 53.3 Å². The first-order valence-corrected chi connectivity index (χ1v) is 6.94. The van der Waals surface area contributed by atoms with Crippen molar-refractivity contribution in [2.45, 2.75) is 13.5 Å². The van der Waals surface area contributed by atoms with Gasteiger partial charge in [-0.05, 0) is 42.8 Å². The Balaban J connectivity index is 1.76. The average molecular weight is 316 g/mol. The highest BCUT2D eigenvalue weighted by Crippen LogP contribution is 2.20. The molecule has 3 nitrogen and oxygen atoms in total. The number of anilines is 1. The second-order valence-electron chi connectivity index (χ2n) is 4.52. The molecule has 0 amide bonds. The van der Waals surface area contributed by atoms with Crippen LogP contribution in [-0.2, 0) is 6.54 Å². The molecule has 4 heteroatoms. The van der Waals surface area contributed by atoms with E-state index in [2.05, 4.69) is 51.4 Å². The van der Waals surface area contributed by atoms with Gasteiger partial charge in [-0.25, -0.2) is 4.98 Å². The van der Waals surface area contributed by atoms with Gasteiger partial charge in [0.05, 0.1) is 12.2 Å². The zero-order valence-electron chi connectivity index (χ0n) is 10.6. The molecule has 0 saturated heterocycles. The highest BCUT2D eigenvalue weighted by Gasteiger charge is 2.01. The van der Waals surface area contributed by atoms with E-state index in [0.29, 0.717) is 0 Å². The molecule has 96 valence electrons. The molecule has 1 aromatic carbocycles. The van der Waals surface area contributed by atoms with Crippen LogP contribution >= 0.6 is 15.9 Å². The van der Waals surface area contributed by atoms with Crippen LogP contribution in [0.4, 0.5) is 5.69 Å². The number of pyridine rings is 1. The quantitative estimate of drug-likeness (QED) is 0.791. The summed E-state index contributed by atoms with van der Waals surface area (Å²) in [4.78, 5) is 4.56. The summed E-state index contributed by atoms with van der Waals surface area (Å²) < 4.78 is 3.16. The third-order valence-electron chi connectivity index (χ3n) is 3.05. The number of fused-ring (bicyclic) bond motifs is 1.